The van der Waals surface area contributed by atoms with Crippen molar-refractivity contribution < 1.29 is 9.53 Å². The van der Waals surface area contributed by atoms with Gasteiger partial charge in [0.15, 0.2) is 0 Å². The van der Waals surface area contributed by atoms with Crippen LogP contribution >= 0.6 is 23.2 Å². The highest BCUT2D eigenvalue weighted by atomic mass is 35.5. The van der Waals surface area contributed by atoms with Gasteiger partial charge < -0.3 is 26.5 Å². The standard InChI is InChI=1S/C16H18Cl2N6O3/c17-10-2-1-9(5-11(10)18)7-22-16-23-12(6-19)14(15(26)24-16)21-3-4-27-8-13(20)25/h1-2,5-6,19,21H,3-4,7-8H2,(H2,20,25)(H2,22,23,24,26). The van der Waals surface area contributed by atoms with Gasteiger partial charge in [0, 0.05) is 19.3 Å². The molecule has 0 unspecified atom stereocenters. The van der Waals surface area contributed by atoms with Crippen molar-refractivity contribution in [3.05, 3.63) is 49.9 Å². The zero-order valence-electron chi connectivity index (χ0n) is 14.1. The summed E-state index contributed by atoms with van der Waals surface area (Å²) >= 11 is 11.8. The molecule has 1 amide bonds. The molecule has 0 fully saturated rings. The van der Waals surface area contributed by atoms with Crippen LogP contribution < -0.4 is 21.9 Å². The molecule has 0 bridgehead atoms. The number of primary amides is 1. The number of anilines is 2. The van der Waals surface area contributed by atoms with E-state index in [4.69, 9.17) is 39.1 Å². The number of nitrogens with zero attached hydrogens (tertiary/aromatic N) is 1. The Kier molecular flexibility index (Phi) is 7.59. The van der Waals surface area contributed by atoms with E-state index in [0.29, 0.717) is 16.6 Å². The van der Waals surface area contributed by atoms with Gasteiger partial charge in [-0.2, -0.15) is 0 Å². The van der Waals surface area contributed by atoms with Crippen molar-refractivity contribution in [1.82, 2.24) is 9.97 Å². The van der Waals surface area contributed by atoms with Crippen molar-refractivity contribution in [2.75, 3.05) is 30.4 Å². The second-order valence-corrected chi connectivity index (χ2v) is 6.18. The Balaban J connectivity index is 2.01. The lowest BCUT2D eigenvalue weighted by Gasteiger charge is -2.11. The highest BCUT2D eigenvalue weighted by Gasteiger charge is 2.10. The Morgan fingerprint density at radius 2 is 2.11 bits per heavy atom. The molecule has 0 aliphatic rings. The number of nitrogens with two attached hydrogens (primary N) is 1. The first kappa shape index (κ1) is 20.7. The molecule has 0 radical (unpaired) electrons. The minimum atomic E-state index is -0.577. The molecule has 2 rings (SSSR count). The lowest BCUT2D eigenvalue weighted by molar-refractivity contribution is -0.122. The van der Waals surface area contributed by atoms with Crippen molar-refractivity contribution in [3.63, 3.8) is 0 Å². The topological polar surface area (TPSA) is 146 Å². The number of benzene rings is 1. The quantitative estimate of drug-likeness (QED) is 0.295. The minimum Gasteiger partial charge on any atom is -0.376 e. The lowest BCUT2D eigenvalue weighted by Crippen LogP contribution is -2.24. The second kappa shape index (κ2) is 9.91. The summed E-state index contributed by atoms with van der Waals surface area (Å²) in [5.41, 5.74) is 5.64. The smallest absolute Gasteiger partial charge is 0.276 e. The molecule has 0 atom stereocenters. The fourth-order valence-corrected chi connectivity index (χ4v) is 2.43. The van der Waals surface area contributed by atoms with Crippen LogP contribution in [0.5, 0.6) is 0 Å². The van der Waals surface area contributed by atoms with E-state index in [1.165, 1.54) is 0 Å². The van der Waals surface area contributed by atoms with E-state index in [9.17, 15) is 9.59 Å². The molecule has 144 valence electrons. The van der Waals surface area contributed by atoms with E-state index >= 15 is 0 Å². The molecule has 1 aromatic carbocycles. The lowest BCUT2D eigenvalue weighted by atomic mass is 10.2. The third-order valence-corrected chi connectivity index (χ3v) is 4.06. The van der Waals surface area contributed by atoms with Gasteiger partial charge in [-0.15, -0.1) is 0 Å². The molecule has 0 aliphatic carbocycles. The monoisotopic (exact) mass is 412 g/mol. The molecule has 0 saturated heterocycles. The Morgan fingerprint density at radius 3 is 2.78 bits per heavy atom. The molecule has 9 nitrogen and oxygen atoms in total. The average Bonchev–Trinajstić information content (AvgIpc) is 2.63. The van der Waals surface area contributed by atoms with Gasteiger partial charge in [0.25, 0.3) is 5.56 Å². The maximum Gasteiger partial charge on any atom is 0.276 e. The number of hydrogen-bond donors (Lipinski definition) is 5. The zero-order chi connectivity index (χ0) is 19.8. The molecular formula is C16H18Cl2N6O3. The number of halogens is 2. The summed E-state index contributed by atoms with van der Waals surface area (Å²) in [6.07, 6.45) is 0.964. The number of hydrogen-bond acceptors (Lipinski definition) is 7. The van der Waals surface area contributed by atoms with Crippen LogP contribution in [0, 0.1) is 5.41 Å². The zero-order valence-corrected chi connectivity index (χ0v) is 15.7. The highest BCUT2D eigenvalue weighted by molar-refractivity contribution is 6.42. The van der Waals surface area contributed by atoms with Crippen LogP contribution in [-0.4, -0.2) is 41.8 Å². The van der Waals surface area contributed by atoms with E-state index in [-0.39, 0.29) is 37.1 Å². The van der Waals surface area contributed by atoms with Gasteiger partial charge in [-0.25, -0.2) is 4.98 Å². The fourth-order valence-electron chi connectivity index (χ4n) is 2.11. The normalized spacial score (nSPS) is 10.4. The van der Waals surface area contributed by atoms with Crippen molar-refractivity contribution in [2.45, 2.75) is 6.54 Å². The Labute approximate surface area is 164 Å². The maximum absolute atomic E-state index is 12.2. The molecule has 27 heavy (non-hydrogen) atoms. The van der Waals surface area contributed by atoms with Gasteiger partial charge in [-0.1, -0.05) is 29.3 Å². The fraction of sp³-hybridized carbons (Fsp3) is 0.250. The molecule has 1 heterocycles. The Bertz CT molecular complexity index is 887. The Hall–Kier alpha value is -2.62. The van der Waals surface area contributed by atoms with Crippen molar-refractivity contribution in [3.8, 4) is 0 Å². The van der Waals surface area contributed by atoms with Gasteiger partial charge >= 0.3 is 0 Å². The van der Waals surface area contributed by atoms with E-state index < -0.39 is 11.5 Å². The average molecular weight is 413 g/mol. The molecular weight excluding hydrogens is 395 g/mol. The van der Waals surface area contributed by atoms with E-state index in [0.717, 1.165) is 11.8 Å². The van der Waals surface area contributed by atoms with Crippen molar-refractivity contribution in [1.29, 1.82) is 5.41 Å². The van der Waals surface area contributed by atoms with E-state index in [1.807, 2.05) is 0 Å². The SMILES string of the molecule is N=Cc1nc(NCc2ccc(Cl)c(Cl)c2)[nH]c(=O)c1NCCOCC(N)=O. The molecule has 1 aromatic heterocycles. The summed E-state index contributed by atoms with van der Waals surface area (Å²) in [7, 11) is 0. The molecule has 6 N–H and O–H groups in total. The number of carbonyl (C=O) groups excluding carboxylic acids is 1. The minimum absolute atomic E-state index is 0.132. The number of amides is 1. The van der Waals surface area contributed by atoms with Gasteiger partial charge in [-0.05, 0) is 17.7 Å². The van der Waals surface area contributed by atoms with Gasteiger partial charge in [0.1, 0.15) is 18.0 Å². The van der Waals surface area contributed by atoms with Crippen LogP contribution in [0.2, 0.25) is 10.0 Å². The van der Waals surface area contributed by atoms with Crippen LogP contribution in [0.4, 0.5) is 11.6 Å². The number of aromatic amines is 1. The van der Waals surface area contributed by atoms with Gasteiger partial charge in [-0.3, -0.25) is 14.6 Å². The van der Waals surface area contributed by atoms with E-state index in [1.54, 1.807) is 18.2 Å². The summed E-state index contributed by atoms with van der Waals surface area (Å²) in [5, 5.41) is 14.1. The third kappa shape index (κ3) is 6.24. The highest BCUT2D eigenvalue weighted by Crippen LogP contribution is 2.22. The second-order valence-electron chi connectivity index (χ2n) is 5.37. The summed E-state index contributed by atoms with van der Waals surface area (Å²) in [6.45, 7) is 0.558. The maximum atomic E-state index is 12.2. The van der Waals surface area contributed by atoms with Crippen LogP contribution in [-0.2, 0) is 16.1 Å². The third-order valence-electron chi connectivity index (χ3n) is 3.32. The molecule has 0 aliphatic heterocycles. The predicted molar refractivity (Wildman–Crippen MR) is 105 cm³/mol. The largest absolute Gasteiger partial charge is 0.376 e. The van der Waals surface area contributed by atoms with E-state index in [2.05, 4.69) is 20.6 Å². The van der Waals surface area contributed by atoms with Crippen LogP contribution in [0.3, 0.4) is 0 Å². The summed E-state index contributed by atoms with van der Waals surface area (Å²) < 4.78 is 5.00. The number of carbonyl (C=O) groups is 1. The van der Waals surface area contributed by atoms with Crippen LogP contribution in [0.25, 0.3) is 0 Å². The summed E-state index contributed by atoms with van der Waals surface area (Å²) in [5.74, 6) is -0.368. The molecule has 2 aromatic rings. The van der Waals surface area contributed by atoms with Crippen LogP contribution in [0.15, 0.2) is 23.0 Å². The first-order valence-corrected chi connectivity index (χ1v) is 8.58. The van der Waals surface area contributed by atoms with Crippen molar-refractivity contribution >= 4 is 47.0 Å². The first-order chi connectivity index (χ1) is 12.9. The van der Waals surface area contributed by atoms with Crippen LogP contribution in [0.1, 0.15) is 11.3 Å². The Morgan fingerprint density at radius 1 is 1.33 bits per heavy atom. The molecule has 0 spiro atoms. The first-order valence-electron chi connectivity index (χ1n) is 7.83. The molecule has 0 saturated carbocycles. The van der Waals surface area contributed by atoms with Crippen molar-refractivity contribution in [2.24, 2.45) is 5.73 Å². The number of H-pyrrole nitrogens is 1. The van der Waals surface area contributed by atoms with Gasteiger partial charge in [0.2, 0.25) is 11.9 Å². The van der Waals surface area contributed by atoms with Gasteiger partial charge in [0.05, 0.1) is 16.7 Å². The number of nitrogens with one attached hydrogen (secondary N) is 4. The molecule has 11 heteroatoms. The number of aromatic nitrogens is 2. The number of ether oxygens (including phenoxy) is 1. The predicted octanol–water partition coefficient (Wildman–Crippen LogP) is 1.60. The summed E-state index contributed by atoms with van der Waals surface area (Å²) in [6, 6.07) is 5.17. The summed E-state index contributed by atoms with van der Waals surface area (Å²) in [4.78, 5) is 29.6. The number of rotatable bonds is 10.